The Labute approximate surface area is 118 Å². The predicted molar refractivity (Wildman–Crippen MR) is 79.9 cm³/mol. The Morgan fingerprint density at radius 1 is 1.37 bits per heavy atom. The molecule has 0 bridgehead atoms. The highest BCUT2D eigenvalue weighted by Crippen LogP contribution is 2.36. The molecule has 4 nitrogen and oxygen atoms in total. The number of nitrogens with one attached hydrogen (secondary N) is 1. The fourth-order valence-corrected chi connectivity index (χ4v) is 3.06. The molecule has 0 aromatic rings. The Bertz CT molecular complexity index is 312. The molecule has 1 aliphatic rings. The zero-order valence-corrected chi connectivity index (χ0v) is 14.2. The largest absolute Gasteiger partial charge is 0.444 e. The third-order valence-electron chi connectivity index (χ3n) is 4.34. The van der Waals surface area contributed by atoms with Crippen LogP contribution in [0.25, 0.3) is 0 Å². The molecule has 1 heterocycles. The van der Waals surface area contributed by atoms with Crippen LogP contribution in [0.15, 0.2) is 0 Å². The first-order valence-corrected chi connectivity index (χ1v) is 10.2. The minimum absolute atomic E-state index is 0.0281. The maximum Gasteiger partial charge on any atom is 0.407 e. The Morgan fingerprint density at radius 2 is 2.00 bits per heavy atom. The number of carbonyl (C=O) groups is 1. The summed E-state index contributed by atoms with van der Waals surface area (Å²) in [5.74, 6) is 0. The van der Waals surface area contributed by atoms with Crippen LogP contribution in [0.2, 0.25) is 18.1 Å². The normalized spacial score (nSPS) is 24.2. The van der Waals surface area contributed by atoms with Gasteiger partial charge < -0.3 is 14.5 Å². The van der Waals surface area contributed by atoms with E-state index in [1.807, 2.05) is 6.92 Å². The number of alkyl carbamates (subject to hydrolysis) is 1. The van der Waals surface area contributed by atoms with E-state index in [4.69, 9.17) is 9.16 Å². The minimum atomic E-state index is -1.64. The van der Waals surface area contributed by atoms with Gasteiger partial charge in [0, 0.05) is 6.61 Å². The number of ether oxygens (including phenoxy) is 1. The molecule has 1 amide bonds. The Balaban J connectivity index is 2.30. The lowest BCUT2D eigenvalue weighted by Gasteiger charge is -2.36. The van der Waals surface area contributed by atoms with Gasteiger partial charge in [-0.3, -0.25) is 0 Å². The summed E-state index contributed by atoms with van der Waals surface area (Å²) in [6, 6.07) is 0.153. The van der Waals surface area contributed by atoms with Crippen LogP contribution in [0.5, 0.6) is 0 Å². The zero-order valence-electron chi connectivity index (χ0n) is 13.2. The average molecular weight is 287 g/mol. The van der Waals surface area contributed by atoms with Crippen molar-refractivity contribution >= 4 is 14.4 Å². The quantitative estimate of drug-likeness (QED) is 0.599. The number of cyclic esters (lactones) is 1. The highest BCUT2D eigenvalue weighted by molar-refractivity contribution is 6.74. The van der Waals surface area contributed by atoms with Crippen molar-refractivity contribution in [2.75, 3.05) is 6.61 Å². The van der Waals surface area contributed by atoms with E-state index >= 15 is 0 Å². The number of carbonyl (C=O) groups excluding carboxylic acids is 1. The van der Waals surface area contributed by atoms with Crippen molar-refractivity contribution in [2.45, 2.75) is 77.2 Å². The summed E-state index contributed by atoms with van der Waals surface area (Å²) < 4.78 is 11.3. The molecule has 1 rings (SSSR count). The third-order valence-corrected chi connectivity index (χ3v) is 8.88. The molecule has 0 saturated carbocycles. The summed E-state index contributed by atoms with van der Waals surface area (Å²) in [7, 11) is -1.64. The first-order valence-electron chi connectivity index (χ1n) is 7.28. The first-order chi connectivity index (χ1) is 8.67. The molecule has 19 heavy (non-hydrogen) atoms. The number of amides is 1. The summed E-state index contributed by atoms with van der Waals surface area (Å²) in [6.07, 6.45) is 2.52. The van der Waals surface area contributed by atoms with Gasteiger partial charge >= 0.3 is 6.09 Å². The molecule has 0 spiro atoms. The average Bonchev–Trinajstić information content (AvgIpc) is 2.63. The van der Waals surface area contributed by atoms with E-state index in [0.29, 0.717) is 0 Å². The zero-order chi connectivity index (χ0) is 14.7. The van der Waals surface area contributed by atoms with Crippen molar-refractivity contribution in [1.82, 2.24) is 5.32 Å². The van der Waals surface area contributed by atoms with Crippen LogP contribution < -0.4 is 5.32 Å². The van der Waals surface area contributed by atoms with Crippen LogP contribution in [0, 0.1) is 0 Å². The van der Waals surface area contributed by atoms with E-state index in [2.05, 4.69) is 39.2 Å². The van der Waals surface area contributed by atoms with Gasteiger partial charge in [-0.05, 0) is 37.4 Å². The highest BCUT2D eigenvalue weighted by atomic mass is 28.4. The summed E-state index contributed by atoms with van der Waals surface area (Å²) in [5, 5.41) is 3.13. The topological polar surface area (TPSA) is 47.6 Å². The summed E-state index contributed by atoms with van der Waals surface area (Å²) in [5.41, 5.74) is 0. The number of rotatable bonds is 6. The van der Waals surface area contributed by atoms with E-state index in [1.165, 1.54) is 0 Å². The van der Waals surface area contributed by atoms with E-state index in [9.17, 15) is 4.79 Å². The molecule has 0 unspecified atom stereocenters. The number of hydrogen-bond acceptors (Lipinski definition) is 3. The van der Waals surface area contributed by atoms with Gasteiger partial charge in [0.05, 0.1) is 6.04 Å². The van der Waals surface area contributed by atoms with Crippen LogP contribution in [0.4, 0.5) is 4.79 Å². The SMILES string of the molecule is CC[C@H]1OC(=O)N[C@H]1CCCO[Si](C)(C)C(C)(C)C. The Kier molecular flexibility index (Phi) is 5.44. The maximum absolute atomic E-state index is 11.2. The molecule has 1 saturated heterocycles. The van der Waals surface area contributed by atoms with Gasteiger partial charge in [0.15, 0.2) is 8.32 Å². The van der Waals surface area contributed by atoms with Crippen molar-refractivity contribution in [3.63, 3.8) is 0 Å². The second kappa shape index (κ2) is 6.26. The molecule has 2 atom stereocenters. The predicted octanol–water partition coefficient (Wildman–Crippen LogP) is 3.68. The molecule has 0 aliphatic carbocycles. The van der Waals surface area contributed by atoms with Crippen molar-refractivity contribution in [2.24, 2.45) is 0 Å². The third kappa shape index (κ3) is 4.49. The lowest BCUT2D eigenvalue weighted by atomic mass is 10.0. The minimum Gasteiger partial charge on any atom is -0.444 e. The van der Waals surface area contributed by atoms with E-state index < -0.39 is 8.32 Å². The van der Waals surface area contributed by atoms with Gasteiger partial charge in [-0.1, -0.05) is 27.7 Å². The Morgan fingerprint density at radius 3 is 2.53 bits per heavy atom. The second-order valence-electron chi connectivity index (χ2n) is 6.85. The van der Waals surface area contributed by atoms with Crippen molar-refractivity contribution in [1.29, 1.82) is 0 Å². The second-order valence-corrected chi connectivity index (χ2v) is 11.7. The number of hydrogen-bond donors (Lipinski definition) is 1. The molecule has 112 valence electrons. The molecular formula is C14H29NO3Si. The van der Waals surface area contributed by atoms with E-state index in [1.54, 1.807) is 0 Å². The van der Waals surface area contributed by atoms with Gasteiger partial charge in [-0.25, -0.2) is 4.79 Å². The molecule has 1 fully saturated rings. The van der Waals surface area contributed by atoms with Gasteiger partial charge in [0.2, 0.25) is 0 Å². The highest BCUT2D eigenvalue weighted by Gasteiger charge is 2.37. The van der Waals surface area contributed by atoms with Crippen LogP contribution in [-0.2, 0) is 9.16 Å². The molecule has 0 aromatic heterocycles. The van der Waals surface area contributed by atoms with Crippen LogP contribution in [-0.4, -0.2) is 33.2 Å². The van der Waals surface area contributed by atoms with Gasteiger partial charge in [0.25, 0.3) is 0 Å². The molecule has 5 heteroatoms. The fraction of sp³-hybridized carbons (Fsp3) is 0.929. The van der Waals surface area contributed by atoms with Gasteiger partial charge in [-0.2, -0.15) is 0 Å². The monoisotopic (exact) mass is 287 g/mol. The standard InChI is InChI=1S/C14H29NO3Si/c1-7-12-11(15-13(16)18-12)9-8-10-17-19(5,6)14(2,3)4/h11-12H,7-10H2,1-6H3,(H,15,16)/t11-,12+/m0/s1. The molecule has 0 radical (unpaired) electrons. The van der Waals surface area contributed by atoms with Crippen LogP contribution >= 0.6 is 0 Å². The smallest absolute Gasteiger partial charge is 0.407 e. The first kappa shape index (κ1) is 16.5. The van der Waals surface area contributed by atoms with Gasteiger partial charge in [-0.15, -0.1) is 0 Å². The van der Waals surface area contributed by atoms with Crippen molar-refractivity contribution in [3.8, 4) is 0 Å². The molecular weight excluding hydrogens is 258 g/mol. The van der Waals surface area contributed by atoms with E-state index in [0.717, 1.165) is 25.9 Å². The van der Waals surface area contributed by atoms with E-state index in [-0.39, 0.29) is 23.3 Å². The maximum atomic E-state index is 11.2. The lowest BCUT2D eigenvalue weighted by Crippen LogP contribution is -2.41. The molecule has 0 aromatic carbocycles. The Hall–Kier alpha value is -0.553. The van der Waals surface area contributed by atoms with Gasteiger partial charge in [0.1, 0.15) is 6.10 Å². The van der Waals surface area contributed by atoms with Crippen LogP contribution in [0.3, 0.4) is 0 Å². The lowest BCUT2D eigenvalue weighted by molar-refractivity contribution is 0.126. The van der Waals surface area contributed by atoms with Crippen LogP contribution in [0.1, 0.15) is 47.0 Å². The summed E-state index contributed by atoms with van der Waals surface area (Å²) >= 11 is 0. The molecule has 1 N–H and O–H groups in total. The molecule has 1 aliphatic heterocycles. The summed E-state index contributed by atoms with van der Waals surface area (Å²) in [6.45, 7) is 14.1. The summed E-state index contributed by atoms with van der Waals surface area (Å²) in [4.78, 5) is 11.2. The fourth-order valence-electron chi connectivity index (χ4n) is 1.97. The van der Waals surface area contributed by atoms with Crippen molar-refractivity contribution < 1.29 is 14.0 Å². The van der Waals surface area contributed by atoms with Crippen molar-refractivity contribution in [3.05, 3.63) is 0 Å².